The number of nitrogens with zero attached hydrogens (tertiary/aromatic N) is 3. The number of carbonyl (C=O) groups is 2. The molecule has 168 valence electrons. The van der Waals surface area contributed by atoms with Crippen LogP contribution in [0.1, 0.15) is 22.2 Å². The third kappa shape index (κ3) is 5.83. The Morgan fingerprint density at radius 3 is 2.47 bits per heavy atom. The Labute approximate surface area is 188 Å². The van der Waals surface area contributed by atoms with E-state index >= 15 is 0 Å². The summed E-state index contributed by atoms with van der Waals surface area (Å²) in [6, 6.07) is 11.2. The first-order chi connectivity index (χ1) is 15.4. The summed E-state index contributed by atoms with van der Waals surface area (Å²) in [6.45, 7) is -0.385. The highest BCUT2D eigenvalue weighted by molar-refractivity contribution is 7.99. The fraction of sp³-hybridized carbons (Fsp3) is 0.238. The van der Waals surface area contributed by atoms with Gasteiger partial charge >= 0.3 is 0 Å². The standard InChI is InChI=1S/C21H22FN5O4S/c1-27-19(17(11-28)24-20(30)13-3-9-16(31-2)10-4-13)25-26-21(27)32-12-18(29)23-15-7-5-14(22)6-8-15/h3-10,17,28H,11-12H2,1-2H3,(H,23,29)(H,24,30)/t17-/m0/s1. The second kappa shape index (κ2) is 10.7. The van der Waals surface area contributed by atoms with E-state index in [1.54, 1.807) is 35.9 Å². The van der Waals surface area contributed by atoms with Crippen molar-refractivity contribution in [1.29, 1.82) is 0 Å². The second-order valence-electron chi connectivity index (χ2n) is 6.68. The largest absolute Gasteiger partial charge is 0.497 e. The molecule has 9 nitrogen and oxygen atoms in total. The van der Waals surface area contributed by atoms with E-state index in [4.69, 9.17) is 4.74 Å². The van der Waals surface area contributed by atoms with E-state index in [-0.39, 0.29) is 30.0 Å². The number of methoxy groups -OCH3 is 1. The molecule has 0 fully saturated rings. The molecule has 0 spiro atoms. The lowest BCUT2D eigenvalue weighted by molar-refractivity contribution is -0.113. The summed E-state index contributed by atoms with van der Waals surface area (Å²) < 4.78 is 19.6. The normalized spacial score (nSPS) is 11.6. The Morgan fingerprint density at radius 1 is 1.16 bits per heavy atom. The molecule has 0 aliphatic rings. The fourth-order valence-corrected chi connectivity index (χ4v) is 3.51. The second-order valence-corrected chi connectivity index (χ2v) is 7.62. The average Bonchev–Trinajstić information content (AvgIpc) is 3.17. The molecule has 0 aliphatic carbocycles. The molecule has 1 atom stereocenters. The van der Waals surface area contributed by atoms with Crippen LogP contribution in [0.5, 0.6) is 5.75 Å². The van der Waals surface area contributed by atoms with Crippen molar-refractivity contribution in [3.8, 4) is 5.75 Å². The minimum atomic E-state index is -0.788. The number of nitrogens with one attached hydrogen (secondary N) is 2. The highest BCUT2D eigenvalue weighted by atomic mass is 32.2. The van der Waals surface area contributed by atoms with Crippen LogP contribution in [0.4, 0.5) is 10.1 Å². The number of aliphatic hydroxyl groups is 1. The number of halogens is 1. The van der Waals surface area contributed by atoms with Gasteiger partial charge < -0.3 is 25.0 Å². The number of aliphatic hydroxyl groups excluding tert-OH is 1. The van der Waals surface area contributed by atoms with E-state index in [1.165, 1.54) is 31.4 Å². The van der Waals surface area contributed by atoms with Crippen LogP contribution in [0.15, 0.2) is 53.7 Å². The van der Waals surface area contributed by atoms with E-state index in [0.29, 0.717) is 28.0 Å². The Bertz CT molecular complexity index is 1070. The number of thioether (sulfide) groups is 1. The SMILES string of the molecule is COc1ccc(C(=O)N[C@@H](CO)c2nnc(SCC(=O)Nc3ccc(F)cc3)n2C)cc1. The molecule has 0 saturated carbocycles. The van der Waals surface area contributed by atoms with Gasteiger partial charge in [0.25, 0.3) is 5.91 Å². The van der Waals surface area contributed by atoms with E-state index in [1.807, 2.05) is 0 Å². The Kier molecular flexibility index (Phi) is 7.79. The Hall–Kier alpha value is -3.44. The predicted octanol–water partition coefficient (Wildman–Crippen LogP) is 2.16. The van der Waals surface area contributed by atoms with Gasteiger partial charge in [-0.1, -0.05) is 11.8 Å². The monoisotopic (exact) mass is 459 g/mol. The third-order valence-corrected chi connectivity index (χ3v) is 5.50. The summed E-state index contributed by atoms with van der Waals surface area (Å²) in [6.07, 6.45) is 0. The number of aromatic nitrogens is 3. The summed E-state index contributed by atoms with van der Waals surface area (Å²) in [7, 11) is 3.21. The van der Waals surface area contributed by atoms with Gasteiger partial charge in [-0.2, -0.15) is 0 Å². The van der Waals surface area contributed by atoms with Gasteiger partial charge in [0.05, 0.1) is 19.5 Å². The zero-order valence-corrected chi connectivity index (χ0v) is 18.2. The van der Waals surface area contributed by atoms with Crippen LogP contribution in [-0.4, -0.2) is 51.2 Å². The molecule has 2 aromatic carbocycles. The van der Waals surface area contributed by atoms with Crippen molar-refractivity contribution < 1.29 is 23.8 Å². The summed E-state index contributed by atoms with van der Waals surface area (Å²) in [5, 5.41) is 23.7. The van der Waals surface area contributed by atoms with E-state index in [9.17, 15) is 19.1 Å². The van der Waals surface area contributed by atoms with Gasteiger partial charge in [0, 0.05) is 18.3 Å². The molecule has 11 heteroatoms. The molecule has 0 aliphatic heterocycles. The van der Waals surface area contributed by atoms with Crippen LogP contribution in [0.2, 0.25) is 0 Å². The summed E-state index contributed by atoms with van der Waals surface area (Å²) in [5.74, 6) is -0.0537. The molecule has 32 heavy (non-hydrogen) atoms. The van der Waals surface area contributed by atoms with Crippen molar-refractivity contribution in [3.05, 3.63) is 65.7 Å². The van der Waals surface area contributed by atoms with Gasteiger partial charge in [0.15, 0.2) is 11.0 Å². The minimum Gasteiger partial charge on any atom is -0.497 e. The molecule has 1 heterocycles. The van der Waals surface area contributed by atoms with Gasteiger partial charge in [-0.05, 0) is 48.5 Å². The van der Waals surface area contributed by atoms with E-state index in [0.717, 1.165) is 11.8 Å². The van der Waals surface area contributed by atoms with Gasteiger partial charge in [0.2, 0.25) is 5.91 Å². The van der Waals surface area contributed by atoms with Crippen molar-refractivity contribution in [2.24, 2.45) is 7.05 Å². The Morgan fingerprint density at radius 2 is 1.84 bits per heavy atom. The van der Waals surface area contributed by atoms with E-state index < -0.39 is 6.04 Å². The van der Waals surface area contributed by atoms with Crippen LogP contribution in [0, 0.1) is 5.82 Å². The molecular formula is C21H22FN5O4S. The molecule has 0 bridgehead atoms. The quantitative estimate of drug-likeness (QED) is 0.420. The van der Waals surface area contributed by atoms with Gasteiger partial charge in [0.1, 0.15) is 17.6 Å². The molecule has 0 saturated heterocycles. The predicted molar refractivity (Wildman–Crippen MR) is 117 cm³/mol. The fourth-order valence-electron chi connectivity index (χ4n) is 2.79. The highest BCUT2D eigenvalue weighted by Gasteiger charge is 2.22. The molecule has 0 unspecified atom stereocenters. The Balaban J connectivity index is 1.60. The van der Waals surface area contributed by atoms with Crippen LogP contribution in [0.3, 0.4) is 0 Å². The molecule has 1 aromatic heterocycles. The van der Waals surface area contributed by atoms with Crippen molar-refractivity contribution >= 4 is 29.3 Å². The van der Waals surface area contributed by atoms with Gasteiger partial charge in [-0.25, -0.2) is 4.39 Å². The molecule has 3 N–H and O–H groups in total. The number of anilines is 1. The lowest BCUT2D eigenvalue weighted by atomic mass is 10.2. The highest BCUT2D eigenvalue weighted by Crippen LogP contribution is 2.20. The number of rotatable bonds is 9. The first-order valence-electron chi connectivity index (χ1n) is 9.54. The maximum Gasteiger partial charge on any atom is 0.251 e. The zero-order chi connectivity index (χ0) is 23.1. The molecule has 3 aromatic rings. The molecule has 2 amide bonds. The van der Waals surface area contributed by atoms with Gasteiger partial charge in [-0.15, -0.1) is 10.2 Å². The van der Waals surface area contributed by atoms with Crippen LogP contribution < -0.4 is 15.4 Å². The zero-order valence-electron chi connectivity index (χ0n) is 17.4. The molecular weight excluding hydrogens is 437 g/mol. The van der Waals surface area contributed by atoms with E-state index in [2.05, 4.69) is 20.8 Å². The number of hydrogen-bond acceptors (Lipinski definition) is 7. The topological polar surface area (TPSA) is 118 Å². The molecule has 3 rings (SSSR count). The lowest BCUT2D eigenvalue weighted by Gasteiger charge is -2.16. The van der Waals surface area contributed by atoms with Crippen molar-refractivity contribution in [3.63, 3.8) is 0 Å². The molecule has 0 radical (unpaired) electrons. The van der Waals surface area contributed by atoms with Crippen LogP contribution in [0.25, 0.3) is 0 Å². The van der Waals surface area contributed by atoms with Gasteiger partial charge in [-0.3, -0.25) is 9.59 Å². The number of ether oxygens (including phenoxy) is 1. The first kappa shape index (κ1) is 23.2. The number of hydrogen-bond donors (Lipinski definition) is 3. The average molecular weight is 460 g/mol. The summed E-state index contributed by atoms with van der Waals surface area (Å²) in [5.41, 5.74) is 0.885. The van der Waals surface area contributed by atoms with Crippen LogP contribution >= 0.6 is 11.8 Å². The van der Waals surface area contributed by atoms with Crippen LogP contribution in [-0.2, 0) is 11.8 Å². The lowest BCUT2D eigenvalue weighted by Crippen LogP contribution is -2.32. The summed E-state index contributed by atoms with van der Waals surface area (Å²) in [4.78, 5) is 24.7. The first-order valence-corrected chi connectivity index (χ1v) is 10.5. The van der Waals surface area contributed by atoms with Crippen molar-refractivity contribution in [2.45, 2.75) is 11.2 Å². The maximum atomic E-state index is 13.0. The number of benzene rings is 2. The summed E-state index contributed by atoms with van der Waals surface area (Å²) >= 11 is 1.14. The van der Waals surface area contributed by atoms with Crippen molar-refractivity contribution in [1.82, 2.24) is 20.1 Å². The number of carbonyl (C=O) groups excluding carboxylic acids is 2. The maximum absolute atomic E-state index is 13.0. The third-order valence-electron chi connectivity index (χ3n) is 4.48. The smallest absolute Gasteiger partial charge is 0.251 e. The minimum absolute atomic E-state index is 0.0470. The van der Waals surface area contributed by atoms with Crippen molar-refractivity contribution in [2.75, 3.05) is 24.8 Å². The number of amides is 2.